The lowest BCUT2D eigenvalue weighted by Gasteiger charge is -2.27. The molecule has 2 rings (SSSR count). The van der Waals surface area contributed by atoms with E-state index in [9.17, 15) is 9.18 Å². The normalized spacial score (nSPS) is 20.8. The summed E-state index contributed by atoms with van der Waals surface area (Å²) in [5, 5.41) is 0. The van der Waals surface area contributed by atoms with E-state index in [0.717, 1.165) is 6.42 Å². The third-order valence-corrected chi connectivity index (χ3v) is 3.69. The smallest absolute Gasteiger partial charge is 0.255 e. The molecule has 0 aliphatic carbocycles. The van der Waals surface area contributed by atoms with Gasteiger partial charge in [0.15, 0.2) is 0 Å². The zero-order valence-corrected chi connectivity index (χ0v) is 12.2. The van der Waals surface area contributed by atoms with Crippen LogP contribution in [-0.4, -0.2) is 43.2 Å². The van der Waals surface area contributed by atoms with Gasteiger partial charge in [-0.3, -0.25) is 4.79 Å². The standard InChI is InChI=1S/C16H19FN2O2/c1-11-15(7-9-21-11)19(2)16(20)14-6-5-13(17)10-12(14)4-3-8-18/h5-6,10-11,15H,7-9,18H2,1-2H3. The van der Waals surface area contributed by atoms with Gasteiger partial charge in [-0.25, -0.2) is 4.39 Å². The van der Waals surface area contributed by atoms with E-state index in [1.54, 1.807) is 11.9 Å². The Hall–Kier alpha value is -1.90. The molecule has 1 aromatic rings. The zero-order valence-electron chi connectivity index (χ0n) is 12.2. The van der Waals surface area contributed by atoms with Crippen molar-refractivity contribution in [2.75, 3.05) is 20.2 Å². The minimum Gasteiger partial charge on any atom is -0.376 e. The van der Waals surface area contributed by atoms with Crippen molar-refractivity contribution in [3.63, 3.8) is 0 Å². The number of likely N-dealkylation sites (N-methyl/N-ethyl adjacent to an activating group) is 1. The van der Waals surface area contributed by atoms with Crippen molar-refractivity contribution in [1.82, 2.24) is 4.90 Å². The Kier molecular flexibility index (Phi) is 4.94. The van der Waals surface area contributed by atoms with Crippen molar-refractivity contribution in [2.45, 2.75) is 25.5 Å². The molecule has 2 N–H and O–H groups in total. The quantitative estimate of drug-likeness (QED) is 0.837. The summed E-state index contributed by atoms with van der Waals surface area (Å²) in [6.07, 6.45) is 0.798. The molecule has 0 aromatic heterocycles. The Morgan fingerprint density at radius 2 is 2.33 bits per heavy atom. The van der Waals surface area contributed by atoms with Gasteiger partial charge in [0.1, 0.15) is 5.82 Å². The second-order valence-corrected chi connectivity index (χ2v) is 5.04. The largest absolute Gasteiger partial charge is 0.376 e. The molecule has 21 heavy (non-hydrogen) atoms. The predicted molar refractivity (Wildman–Crippen MR) is 78.2 cm³/mol. The number of carbonyl (C=O) groups excluding carboxylic acids is 1. The highest BCUT2D eigenvalue weighted by atomic mass is 19.1. The van der Waals surface area contributed by atoms with Gasteiger partial charge in [0.25, 0.3) is 5.91 Å². The van der Waals surface area contributed by atoms with Crippen molar-refractivity contribution in [1.29, 1.82) is 0 Å². The molecule has 4 nitrogen and oxygen atoms in total. The van der Waals surface area contributed by atoms with Gasteiger partial charge in [-0.05, 0) is 31.5 Å². The first kappa shape index (κ1) is 15.5. The maximum Gasteiger partial charge on any atom is 0.255 e. The van der Waals surface area contributed by atoms with E-state index < -0.39 is 5.82 Å². The molecule has 0 radical (unpaired) electrons. The van der Waals surface area contributed by atoms with E-state index in [0.29, 0.717) is 17.7 Å². The fourth-order valence-corrected chi connectivity index (χ4v) is 2.52. The Labute approximate surface area is 124 Å². The number of carbonyl (C=O) groups is 1. The molecule has 2 atom stereocenters. The molecule has 1 aliphatic rings. The number of amides is 1. The van der Waals surface area contributed by atoms with Gasteiger partial charge >= 0.3 is 0 Å². The fourth-order valence-electron chi connectivity index (χ4n) is 2.52. The fraction of sp³-hybridized carbons (Fsp3) is 0.438. The lowest BCUT2D eigenvalue weighted by molar-refractivity contribution is 0.0574. The number of benzene rings is 1. The average molecular weight is 290 g/mol. The predicted octanol–water partition coefficient (Wildman–Crippen LogP) is 1.39. The maximum absolute atomic E-state index is 13.4. The lowest BCUT2D eigenvalue weighted by Crippen LogP contribution is -2.41. The van der Waals surface area contributed by atoms with E-state index in [2.05, 4.69) is 11.8 Å². The van der Waals surface area contributed by atoms with Crippen molar-refractivity contribution in [2.24, 2.45) is 5.73 Å². The Balaban J connectivity index is 2.30. The Bertz CT molecular complexity index is 592. The van der Waals surface area contributed by atoms with Gasteiger partial charge in [0, 0.05) is 19.2 Å². The second-order valence-electron chi connectivity index (χ2n) is 5.04. The van der Waals surface area contributed by atoms with Gasteiger partial charge in [-0.15, -0.1) is 0 Å². The van der Waals surface area contributed by atoms with Crippen molar-refractivity contribution in [3.8, 4) is 11.8 Å². The molecule has 1 aromatic carbocycles. The molecule has 1 amide bonds. The molecule has 5 heteroatoms. The summed E-state index contributed by atoms with van der Waals surface area (Å²) < 4.78 is 18.8. The molecule has 1 aliphatic heterocycles. The van der Waals surface area contributed by atoms with Crippen LogP contribution in [0.1, 0.15) is 29.3 Å². The van der Waals surface area contributed by atoms with E-state index in [1.807, 2.05) is 6.92 Å². The molecule has 112 valence electrons. The average Bonchev–Trinajstić information content (AvgIpc) is 2.90. The van der Waals surface area contributed by atoms with Crippen LogP contribution in [0.25, 0.3) is 0 Å². The van der Waals surface area contributed by atoms with Crippen LogP contribution >= 0.6 is 0 Å². The van der Waals surface area contributed by atoms with Gasteiger partial charge < -0.3 is 15.4 Å². The highest BCUT2D eigenvalue weighted by Gasteiger charge is 2.31. The number of ether oxygens (including phenoxy) is 1. The van der Waals surface area contributed by atoms with Crippen LogP contribution in [0, 0.1) is 17.7 Å². The van der Waals surface area contributed by atoms with Crippen LogP contribution in [0.3, 0.4) is 0 Å². The van der Waals surface area contributed by atoms with Gasteiger partial charge in [0.2, 0.25) is 0 Å². The number of halogens is 1. The summed E-state index contributed by atoms with van der Waals surface area (Å²) in [7, 11) is 1.74. The summed E-state index contributed by atoms with van der Waals surface area (Å²) >= 11 is 0. The molecule has 1 saturated heterocycles. The first-order chi connectivity index (χ1) is 10.0. The molecular formula is C16H19FN2O2. The first-order valence-corrected chi connectivity index (χ1v) is 6.92. The van der Waals surface area contributed by atoms with Crippen LogP contribution in [0.2, 0.25) is 0 Å². The van der Waals surface area contributed by atoms with Crippen molar-refractivity contribution >= 4 is 5.91 Å². The van der Waals surface area contributed by atoms with Gasteiger partial charge in [-0.1, -0.05) is 11.8 Å². The SMILES string of the molecule is CC1OCCC1N(C)C(=O)c1ccc(F)cc1C#CCN. The minimum atomic E-state index is -0.423. The summed E-state index contributed by atoms with van der Waals surface area (Å²) in [6.45, 7) is 2.75. The van der Waals surface area contributed by atoms with Crippen molar-refractivity contribution < 1.29 is 13.9 Å². The second kappa shape index (κ2) is 6.70. The highest BCUT2D eigenvalue weighted by molar-refractivity contribution is 5.96. The van der Waals surface area contributed by atoms with Crippen molar-refractivity contribution in [3.05, 3.63) is 35.1 Å². The lowest BCUT2D eigenvalue weighted by atomic mass is 10.0. The monoisotopic (exact) mass is 290 g/mol. The van der Waals surface area contributed by atoms with Crippen LogP contribution in [0.4, 0.5) is 4.39 Å². The number of rotatable bonds is 2. The van der Waals surface area contributed by atoms with Gasteiger partial charge in [-0.2, -0.15) is 0 Å². The topological polar surface area (TPSA) is 55.6 Å². The molecular weight excluding hydrogens is 271 g/mol. The molecule has 0 spiro atoms. The van der Waals surface area contributed by atoms with E-state index in [-0.39, 0.29) is 24.6 Å². The first-order valence-electron chi connectivity index (χ1n) is 6.92. The molecule has 0 saturated carbocycles. The van der Waals surface area contributed by atoms with E-state index in [4.69, 9.17) is 10.5 Å². The summed E-state index contributed by atoms with van der Waals surface area (Å²) in [5.74, 6) is 4.81. The van der Waals surface area contributed by atoms with Crippen LogP contribution in [-0.2, 0) is 4.74 Å². The summed E-state index contributed by atoms with van der Waals surface area (Å²) in [4.78, 5) is 14.3. The number of hydrogen-bond donors (Lipinski definition) is 1. The Morgan fingerprint density at radius 1 is 1.57 bits per heavy atom. The minimum absolute atomic E-state index is 0.00188. The van der Waals surface area contributed by atoms with Gasteiger partial charge in [0.05, 0.1) is 24.3 Å². The van der Waals surface area contributed by atoms with Crippen LogP contribution in [0.5, 0.6) is 0 Å². The molecule has 1 heterocycles. The number of hydrogen-bond acceptors (Lipinski definition) is 3. The Morgan fingerprint density at radius 3 is 2.95 bits per heavy atom. The highest BCUT2D eigenvalue weighted by Crippen LogP contribution is 2.21. The summed E-state index contributed by atoms with van der Waals surface area (Å²) in [6, 6.07) is 4.02. The molecule has 2 unspecified atom stereocenters. The zero-order chi connectivity index (χ0) is 15.4. The van der Waals surface area contributed by atoms with Crippen LogP contribution < -0.4 is 5.73 Å². The third-order valence-electron chi connectivity index (χ3n) is 3.69. The van der Waals surface area contributed by atoms with E-state index in [1.165, 1.54) is 18.2 Å². The number of nitrogens with two attached hydrogens (primary N) is 1. The number of nitrogens with zero attached hydrogens (tertiary/aromatic N) is 1. The third kappa shape index (κ3) is 3.41. The maximum atomic E-state index is 13.4. The molecule has 1 fully saturated rings. The summed E-state index contributed by atoms with van der Waals surface area (Å²) in [5.41, 5.74) is 6.09. The van der Waals surface area contributed by atoms with Crippen LogP contribution in [0.15, 0.2) is 18.2 Å². The molecule has 0 bridgehead atoms. The van der Waals surface area contributed by atoms with E-state index >= 15 is 0 Å².